The molecule has 22 heavy (non-hydrogen) atoms. The van der Waals surface area contributed by atoms with Crippen LogP contribution < -0.4 is 4.74 Å². The normalized spacial score (nSPS) is 27.0. The Bertz CT molecular complexity index is 551. The lowest BCUT2D eigenvalue weighted by Gasteiger charge is -2.29. The molecule has 118 valence electrons. The van der Waals surface area contributed by atoms with E-state index in [4.69, 9.17) is 14.2 Å². The van der Waals surface area contributed by atoms with Gasteiger partial charge in [-0.3, -0.25) is 9.59 Å². The van der Waals surface area contributed by atoms with E-state index in [1.54, 1.807) is 7.11 Å². The molecule has 0 spiro atoms. The van der Waals surface area contributed by atoms with Gasteiger partial charge in [0.2, 0.25) is 0 Å². The summed E-state index contributed by atoms with van der Waals surface area (Å²) in [4.78, 5) is 23.9. The highest BCUT2D eigenvalue weighted by Crippen LogP contribution is 2.37. The Kier molecular flexibility index (Phi) is 4.32. The summed E-state index contributed by atoms with van der Waals surface area (Å²) < 4.78 is 15.8. The fraction of sp³-hybridized carbons (Fsp3) is 0.529. The van der Waals surface area contributed by atoms with Crippen molar-refractivity contribution in [1.82, 2.24) is 0 Å². The van der Waals surface area contributed by atoms with E-state index in [0.29, 0.717) is 6.61 Å². The van der Waals surface area contributed by atoms with Gasteiger partial charge in [-0.05, 0) is 37.0 Å². The van der Waals surface area contributed by atoms with Crippen LogP contribution in [0.15, 0.2) is 24.3 Å². The van der Waals surface area contributed by atoms with E-state index in [-0.39, 0.29) is 36.3 Å². The molecule has 1 aromatic rings. The van der Waals surface area contributed by atoms with E-state index in [9.17, 15) is 9.59 Å². The van der Waals surface area contributed by atoms with Crippen molar-refractivity contribution in [2.45, 2.75) is 31.8 Å². The van der Waals surface area contributed by atoms with Gasteiger partial charge < -0.3 is 14.2 Å². The van der Waals surface area contributed by atoms with Crippen molar-refractivity contribution in [3.8, 4) is 5.75 Å². The van der Waals surface area contributed by atoms with Crippen LogP contribution in [0.1, 0.15) is 24.8 Å². The molecule has 1 aliphatic heterocycles. The maximum Gasteiger partial charge on any atom is 0.313 e. The van der Waals surface area contributed by atoms with Crippen LogP contribution in [0.5, 0.6) is 5.75 Å². The number of benzene rings is 1. The molecule has 1 aliphatic carbocycles. The molecular weight excluding hydrogens is 284 g/mol. The second-order valence-corrected chi connectivity index (χ2v) is 5.90. The minimum atomic E-state index is -0.334. The topological polar surface area (TPSA) is 61.8 Å². The minimum absolute atomic E-state index is 0.201. The van der Waals surface area contributed by atoms with Gasteiger partial charge in [-0.1, -0.05) is 12.1 Å². The third-order valence-electron chi connectivity index (χ3n) is 4.47. The van der Waals surface area contributed by atoms with E-state index >= 15 is 0 Å². The van der Waals surface area contributed by atoms with Crippen LogP contribution in [0, 0.1) is 11.8 Å². The molecule has 1 heterocycles. The first-order chi connectivity index (χ1) is 10.7. The summed E-state index contributed by atoms with van der Waals surface area (Å²) in [5, 5.41) is 0. The summed E-state index contributed by atoms with van der Waals surface area (Å²) in [5.41, 5.74) is 0.868. The number of ether oxygens (including phenoxy) is 3. The van der Waals surface area contributed by atoms with Gasteiger partial charge in [-0.2, -0.15) is 0 Å². The van der Waals surface area contributed by atoms with Gasteiger partial charge in [-0.15, -0.1) is 0 Å². The van der Waals surface area contributed by atoms with E-state index in [2.05, 4.69) is 0 Å². The van der Waals surface area contributed by atoms with E-state index in [1.165, 1.54) is 0 Å². The van der Waals surface area contributed by atoms with Crippen LogP contribution in [0.3, 0.4) is 0 Å². The average molecular weight is 304 g/mol. The summed E-state index contributed by atoms with van der Waals surface area (Å²) in [5.74, 6) is 0.178. The third kappa shape index (κ3) is 3.08. The smallest absolute Gasteiger partial charge is 0.313 e. The van der Waals surface area contributed by atoms with Gasteiger partial charge in [0, 0.05) is 5.92 Å². The van der Waals surface area contributed by atoms with Crippen LogP contribution in [0.25, 0.3) is 0 Å². The van der Waals surface area contributed by atoms with Gasteiger partial charge in [0.15, 0.2) is 0 Å². The Morgan fingerprint density at radius 2 is 2.05 bits per heavy atom. The second kappa shape index (κ2) is 6.38. The molecule has 2 aliphatic rings. The number of methoxy groups -OCH3 is 1. The average Bonchev–Trinajstić information content (AvgIpc) is 2.90. The first-order valence-corrected chi connectivity index (χ1v) is 7.66. The molecule has 3 rings (SSSR count). The zero-order chi connectivity index (χ0) is 15.5. The molecule has 3 atom stereocenters. The summed E-state index contributed by atoms with van der Waals surface area (Å²) in [6, 6.07) is 7.31. The molecule has 0 bridgehead atoms. The zero-order valence-electron chi connectivity index (χ0n) is 12.6. The Morgan fingerprint density at radius 3 is 2.77 bits per heavy atom. The minimum Gasteiger partial charge on any atom is -0.497 e. The zero-order valence-corrected chi connectivity index (χ0v) is 12.6. The number of carbonyl (C=O) groups excluding carboxylic acids is 2. The van der Waals surface area contributed by atoms with Gasteiger partial charge in [-0.25, -0.2) is 0 Å². The number of fused-ring (bicyclic) bond motifs is 1. The van der Waals surface area contributed by atoms with Crippen molar-refractivity contribution in [1.29, 1.82) is 0 Å². The Morgan fingerprint density at radius 1 is 1.27 bits per heavy atom. The molecule has 5 nitrogen and oxygen atoms in total. The standard InChI is InChI=1S/C17H20O5/c1-20-13-7-5-11(6-8-13)9-15(18)22-14-4-2-3-12-10-21-17(19)16(12)14/h5-8,12,14,16H,2-4,9-10H2,1H3/t12-,14+,16+/m1/s1. The number of hydrogen-bond donors (Lipinski definition) is 0. The second-order valence-electron chi connectivity index (χ2n) is 5.90. The molecule has 1 aromatic carbocycles. The van der Waals surface area contributed by atoms with E-state index in [0.717, 1.165) is 30.6 Å². The van der Waals surface area contributed by atoms with Gasteiger partial charge in [0.1, 0.15) is 11.9 Å². The Balaban J connectivity index is 1.59. The fourth-order valence-electron chi connectivity index (χ4n) is 3.31. The molecular formula is C17H20O5. The predicted octanol–water partition coefficient (Wildman–Crippen LogP) is 2.12. The van der Waals surface area contributed by atoms with Crippen molar-refractivity contribution in [3.63, 3.8) is 0 Å². The molecule has 5 heteroatoms. The van der Waals surface area contributed by atoms with Crippen molar-refractivity contribution < 1.29 is 23.8 Å². The monoisotopic (exact) mass is 304 g/mol. The number of rotatable bonds is 4. The number of esters is 2. The lowest BCUT2D eigenvalue weighted by atomic mass is 9.79. The van der Waals surface area contributed by atoms with Gasteiger partial charge in [0.25, 0.3) is 0 Å². The molecule has 0 amide bonds. The molecule has 2 fully saturated rings. The van der Waals surface area contributed by atoms with Crippen molar-refractivity contribution in [3.05, 3.63) is 29.8 Å². The van der Waals surface area contributed by atoms with Crippen LogP contribution in [-0.2, 0) is 25.5 Å². The molecule has 0 radical (unpaired) electrons. The van der Waals surface area contributed by atoms with Crippen molar-refractivity contribution in [2.75, 3.05) is 13.7 Å². The van der Waals surface area contributed by atoms with Crippen LogP contribution in [-0.4, -0.2) is 31.8 Å². The summed E-state index contributed by atoms with van der Waals surface area (Å²) >= 11 is 0. The fourth-order valence-corrected chi connectivity index (χ4v) is 3.31. The van der Waals surface area contributed by atoms with E-state index < -0.39 is 0 Å². The lowest BCUT2D eigenvalue weighted by Crippen LogP contribution is -2.37. The number of hydrogen-bond acceptors (Lipinski definition) is 5. The third-order valence-corrected chi connectivity index (χ3v) is 4.47. The molecule has 0 aromatic heterocycles. The molecule has 0 unspecified atom stereocenters. The number of cyclic esters (lactones) is 1. The van der Waals surface area contributed by atoms with Crippen LogP contribution in [0.4, 0.5) is 0 Å². The van der Waals surface area contributed by atoms with Crippen molar-refractivity contribution >= 4 is 11.9 Å². The molecule has 1 saturated carbocycles. The van der Waals surface area contributed by atoms with Gasteiger partial charge >= 0.3 is 11.9 Å². The quantitative estimate of drug-likeness (QED) is 0.797. The van der Waals surface area contributed by atoms with Gasteiger partial charge in [0.05, 0.1) is 26.1 Å². The summed E-state index contributed by atoms with van der Waals surface area (Å²) in [6.07, 6.45) is 2.55. The molecule has 1 saturated heterocycles. The van der Waals surface area contributed by atoms with Crippen LogP contribution >= 0.6 is 0 Å². The highest BCUT2D eigenvalue weighted by Gasteiger charge is 2.46. The maximum atomic E-state index is 12.1. The SMILES string of the molecule is COc1ccc(CC(=O)O[C@H]2CCC[C@@H]3COC(=O)[C@@H]32)cc1. The summed E-state index contributed by atoms with van der Waals surface area (Å²) in [6.45, 7) is 0.468. The predicted molar refractivity (Wildman–Crippen MR) is 78.4 cm³/mol. The first kappa shape index (κ1) is 14.9. The van der Waals surface area contributed by atoms with Crippen LogP contribution in [0.2, 0.25) is 0 Å². The van der Waals surface area contributed by atoms with Crippen molar-refractivity contribution in [2.24, 2.45) is 11.8 Å². The largest absolute Gasteiger partial charge is 0.497 e. The lowest BCUT2D eigenvalue weighted by molar-refractivity contribution is -0.158. The first-order valence-electron chi connectivity index (χ1n) is 7.66. The Hall–Kier alpha value is -2.04. The Labute approximate surface area is 129 Å². The molecule has 0 N–H and O–H groups in total. The maximum absolute atomic E-state index is 12.1. The van der Waals surface area contributed by atoms with E-state index in [1.807, 2.05) is 24.3 Å². The number of carbonyl (C=O) groups is 2. The summed E-state index contributed by atoms with van der Waals surface area (Å²) in [7, 11) is 1.60. The highest BCUT2D eigenvalue weighted by atomic mass is 16.6. The highest BCUT2D eigenvalue weighted by molar-refractivity contribution is 5.77.